The number of anilines is 1. The first-order chi connectivity index (χ1) is 17.3. The van der Waals surface area contributed by atoms with E-state index in [1.807, 2.05) is 22.8 Å². The van der Waals surface area contributed by atoms with Crippen molar-refractivity contribution in [1.82, 2.24) is 20.1 Å². The molecule has 10 heteroatoms. The number of amides is 2. The van der Waals surface area contributed by atoms with Gasteiger partial charge in [-0.1, -0.05) is 56.0 Å². The van der Waals surface area contributed by atoms with Gasteiger partial charge in [-0.25, -0.2) is 4.79 Å². The number of hydrogen-bond donors (Lipinski definition) is 3. The molecule has 1 aromatic heterocycles. The maximum atomic E-state index is 12.9. The third-order valence-electron chi connectivity index (χ3n) is 5.14. The van der Waals surface area contributed by atoms with E-state index >= 15 is 0 Å². The van der Waals surface area contributed by atoms with E-state index in [9.17, 15) is 14.4 Å². The predicted octanol–water partition coefficient (Wildman–Crippen LogP) is 4.41. The van der Waals surface area contributed by atoms with Crippen LogP contribution in [0.1, 0.15) is 52.9 Å². The van der Waals surface area contributed by atoms with Gasteiger partial charge < -0.3 is 20.3 Å². The van der Waals surface area contributed by atoms with E-state index in [0.717, 1.165) is 0 Å². The van der Waals surface area contributed by atoms with Crippen LogP contribution in [0.25, 0.3) is 0 Å². The summed E-state index contributed by atoms with van der Waals surface area (Å²) in [4.78, 5) is 36.5. The lowest BCUT2D eigenvalue weighted by Crippen LogP contribution is -2.31. The highest BCUT2D eigenvalue weighted by Crippen LogP contribution is 2.25. The molecule has 0 aliphatic carbocycles. The minimum Gasteiger partial charge on any atom is -0.478 e. The van der Waals surface area contributed by atoms with Gasteiger partial charge in [0.25, 0.3) is 5.91 Å². The van der Waals surface area contributed by atoms with E-state index in [1.165, 1.54) is 23.9 Å². The number of rotatable bonds is 12. The molecule has 188 valence electrons. The number of aromatic nitrogens is 3. The number of carbonyl (C=O) groups is 3. The maximum absolute atomic E-state index is 12.9. The molecule has 1 atom stereocenters. The summed E-state index contributed by atoms with van der Waals surface area (Å²) >= 11 is 1.20. The van der Waals surface area contributed by atoms with Crippen LogP contribution < -0.4 is 10.6 Å². The molecule has 0 fully saturated rings. The lowest BCUT2D eigenvalue weighted by molar-refractivity contribution is -0.113. The van der Waals surface area contributed by atoms with Gasteiger partial charge in [0.1, 0.15) is 0 Å². The predicted molar refractivity (Wildman–Crippen MR) is 139 cm³/mol. The molecular weight excluding hydrogens is 478 g/mol. The summed E-state index contributed by atoms with van der Waals surface area (Å²) in [5.74, 6) is -0.674. The minimum absolute atomic E-state index is 0.0395. The molecule has 0 spiro atoms. The number of carbonyl (C=O) groups excluding carboxylic acids is 2. The van der Waals surface area contributed by atoms with Crippen LogP contribution >= 0.6 is 11.8 Å². The van der Waals surface area contributed by atoms with Crippen LogP contribution in [0.4, 0.5) is 5.69 Å². The highest BCUT2D eigenvalue weighted by molar-refractivity contribution is 7.99. The van der Waals surface area contributed by atoms with Crippen molar-refractivity contribution in [2.75, 3.05) is 11.1 Å². The molecule has 0 saturated carbocycles. The van der Waals surface area contributed by atoms with Crippen LogP contribution in [0.5, 0.6) is 0 Å². The Hall–Kier alpha value is -3.92. The Morgan fingerprint density at radius 1 is 1.08 bits per heavy atom. The van der Waals surface area contributed by atoms with Crippen molar-refractivity contribution in [3.63, 3.8) is 0 Å². The van der Waals surface area contributed by atoms with Crippen LogP contribution in [0.2, 0.25) is 0 Å². The first-order valence-corrected chi connectivity index (χ1v) is 12.4. The molecule has 0 saturated heterocycles. The third kappa shape index (κ3) is 7.29. The second-order valence-electron chi connectivity index (χ2n) is 8.48. The molecule has 0 aliphatic heterocycles. The lowest BCUT2D eigenvalue weighted by atomic mass is 10.0. The van der Waals surface area contributed by atoms with Crippen LogP contribution in [0.15, 0.2) is 72.4 Å². The zero-order valence-electron chi connectivity index (χ0n) is 20.2. The van der Waals surface area contributed by atoms with Crippen molar-refractivity contribution in [1.29, 1.82) is 0 Å². The van der Waals surface area contributed by atoms with Gasteiger partial charge in [-0.05, 0) is 42.7 Å². The summed E-state index contributed by atoms with van der Waals surface area (Å²) in [5, 5.41) is 24.1. The second kappa shape index (κ2) is 12.7. The molecule has 2 aromatic carbocycles. The summed E-state index contributed by atoms with van der Waals surface area (Å²) in [5.41, 5.74) is 1.04. The SMILES string of the molecule is C=CCn1c(SCC(=O)Nc2cccc(C(=O)O)c2)nnc1C(CC(C)C)NC(=O)c1ccccc1. The zero-order chi connectivity index (χ0) is 26.1. The Balaban J connectivity index is 1.75. The molecule has 3 rings (SSSR count). The zero-order valence-corrected chi connectivity index (χ0v) is 21.0. The number of carboxylic acid groups (broad SMARTS) is 1. The van der Waals surface area contributed by atoms with Crippen molar-refractivity contribution in [3.05, 3.63) is 84.2 Å². The Morgan fingerprint density at radius 3 is 2.47 bits per heavy atom. The molecule has 1 unspecified atom stereocenters. The van der Waals surface area contributed by atoms with Crippen molar-refractivity contribution in [2.24, 2.45) is 5.92 Å². The van der Waals surface area contributed by atoms with E-state index in [2.05, 4.69) is 41.3 Å². The molecule has 0 radical (unpaired) electrons. The fourth-order valence-electron chi connectivity index (χ4n) is 3.55. The van der Waals surface area contributed by atoms with Crippen molar-refractivity contribution in [2.45, 2.75) is 38.0 Å². The minimum atomic E-state index is -1.07. The van der Waals surface area contributed by atoms with E-state index in [-0.39, 0.29) is 35.1 Å². The molecule has 0 aliphatic rings. The van der Waals surface area contributed by atoms with E-state index < -0.39 is 5.97 Å². The number of thioether (sulfide) groups is 1. The first-order valence-electron chi connectivity index (χ1n) is 11.4. The van der Waals surface area contributed by atoms with Crippen molar-refractivity contribution in [3.8, 4) is 0 Å². The monoisotopic (exact) mass is 507 g/mol. The van der Waals surface area contributed by atoms with Gasteiger partial charge in [-0.3, -0.25) is 9.59 Å². The molecule has 36 heavy (non-hydrogen) atoms. The van der Waals surface area contributed by atoms with Gasteiger partial charge in [0, 0.05) is 17.8 Å². The molecule has 0 bridgehead atoms. The topological polar surface area (TPSA) is 126 Å². The Labute approximate surface area is 214 Å². The summed E-state index contributed by atoms with van der Waals surface area (Å²) < 4.78 is 1.84. The highest BCUT2D eigenvalue weighted by Gasteiger charge is 2.24. The average Bonchev–Trinajstić information content (AvgIpc) is 3.25. The number of benzene rings is 2. The molecule has 2 amide bonds. The van der Waals surface area contributed by atoms with Gasteiger partial charge in [0.2, 0.25) is 5.91 Å². The van der Waals surface area contributed by atoms with Gasteiger partial charge in [0.05, 0.1) is 17.4 Å². The fraction of sp³-hybridized carbons (Fsp3) is 0.269. The van der Waals surface area contributed by atoms with Gasteiger partial charge >= 0.3 is 5.97 Å². The largest absolute Gasteiger partial charge is 0.478 e. The Morgan fingerprint density at radius 2 is 1.81 bits per heavy atom. The Bertz CT molecular complexity index is 1230. The molecule has 3 N–H and O–H groups in total. The molecule has 9 nitrogen and oxygen atoms in total. The fourth-order valence-corrected chi connectivity index (χ4v) is 4.31. The number of allylic oxidation sites excluding steroid dienone is 1. The normalized spacial score (nSPS) is 11.6. The van der Waals surface area contributed by atoms with E-state index in [4.69, 9.17) is 5.11 Å². The number of aromatic carboxylic acids is 1. The van der Waals surface area contributed by atoms with E-state index in [1.54, 1.807) is 30.3 Å². The summed E-state index contributed by atoms with van der Waals surface area (Å²) in [7, 11) is 0. The summed E-state index contributed by atoms with van der Waals surface area (Å²) in [6, 6.07) is 14.6. The standard InChI is InChI=1S/C26H29N5O4S/c1-4-13-31-23(21(14-17(2)3)28-24(33)18-9-6-5-7-10-18)29-30-26(31)36-16-22(32)27-20-12-8-11-19(15-20)25(34)35/h4-12,15,17,21H,1,13-14,16H2,2-3H3,(H,27,32)(H,28,33)(H,34,35). The van der Waals surface area contributed by atoms with Gasteiger partial charge in [-0.2, -0.15) is 0 Å². The third-order valence-corrected chi connectivity index (χ3v) is 6.11. The van der Waals surface area contributed by atoms with Gasteiger partial charge in [0.15, 0.2) is 11.0 Å². The lowest BCUT2D eigenvalue weighted by Gasteiger charge is -2.21. The second-order valence-corrected chi connectivity index (χ2v) is 9.43. The van der Waals surface area contributed by atoms with Crippen LogP contribution in [-0.2, 0) is 11.3 Å². The van der Waals surface area contributed by atoms with Crippen LogP contribution in [-0.4, -0.2) is 43.4 Å². The molecule has 1 heterocycles. The van der Waals surface area contributed by atoms with Crippen molar-refractivity contribution >= 4 is 35.2 Å². The smallest absolute Gasteiger partial charge is 0.335 e. The quantitative estimate of drug-likeness (QED) is 0.245. The number of nitrogens with zero attached hydrogens (tertiary/aromatic N) is 3. The average molecular weight is 508 g/mol. The summed E-state index contributed by atoms with van der Waals surface area (Å²) in [6.45, 7) is 8.35. The van der Waals surface area contributed by atoms with Gasteiger partial charge in [-0.15, -0.1) is 16.8 Å². The van der Waals surface area contributed by atoms with E-state index in [0.29, 0.717) is 35.2 Å². The first kappa shape index (κ1) is 26.7. The van der Waals surface area contributed by atoms with Crippen LogP contribution in [0, 0.1) is 5.92 Å². The molecule has 3 aromatic rings. The summed E-state index contributed by atoms with van der Waals surface area (Å²) in [6.07, 6.45) is 2.36. The number of carboxylic acids is 1. The van der Waals surface area contributed by atoms with Crippen molar-refractivity contribution < 1.29 is 19.5 Å². The maximum Gasteiger partial charge on any atom is 0.335 e. The van der Waals surface area contributed by atoms with Crippen LogP contribution in [0.3, 0.4) is 0 Å². The number of nitrogens with one attached hydrogen (secondary N) is 2. The molecular formula is C26H29N5O4S. The Kier molecular flexibility index (Phi) is 9.40. The number of hydrogen-bond acceptors (Lipinski definition) is 6. The highest BCUT2D eigenvalue weighted by atomic mass is 32.2.